The van der Waals surface area contributed by atoms with Gasteiger partial charge < -0.3 is 0 Å². The third kappa shape index (κ3) is 2.68. The number of benzene rings is 1. The Morgan fingerprint density at radius 3 is 2.76 bits per heavy atom. The minimum absolute atomic E-state index is 0.175. The molecule has 2 heterocycles. The summed E-state index contributed by atoms with van der Waals surface area (Å²) in [5.41, 5.74) is 0.856. The Morgan fingerprint density at radius 2 is 2.10 bits per heavy atom. The molecule has 1 aromatic carbocycles. The van der Waals surface area contributed by atoms with Gasteiger partial charge in [0.15, 0.2) is 0 Å². The minimum atomic E-state index is -3.55. The molecule has 0 amide bonds. The van der Waals surface area contributed by atoms with Gasteiger partial charge in [0, 0.05) is 12.7 Å². The van der Waals surface area contributed by atoms with E-state index in [1.54, 1.807) is 12.1 Å². The molecule has 8 heteroatoms. The van der Waals surface area contributed by atoms with Gasteiger partial charge in [-0.3, -0.25) is 5.10 Å². The molecule has 0 aliphatic carbocycles. The molecule has 1 saturated heterocycles. The summed E-state index contributed by atoms with van der Waals surface area (Å²) in [6.45, 7) is 0.485. The van der Waals surface area contributed by atoms with Gasteiger partial charge >= 0.3 is 0 Å². The first-order valence-corrected chi connectivity index (χ1v) is 8.65. The van der Waals surface area contributed by atoms with E-state index in [1.165, 1.54) is 16.7 Å². The van der Waals surface area contributed by atoms with Crippen LogP contribution in [-0.4, -0.2) is 29.5 Å². The van der Waals surface area contributed by atoms with Crippen LogP contribution >= 0.6 is 23.2 Å². The van der Waals surface area contributed by atoms with Crippen LogP contribution in [-0.2, 0) is 10.0 Å². The van der Waals surface area contributed by atoms with Gasteiger partial charge in [-0.05, 0) is 30.5 Å². The molecule has 1 fully saturated rings. The maximum absolute atomic E-state index is 12.6. The van der Waals surface area contributed by atoms with E-state index in [0.717, 1.165) is 18.4 Å². The van der Waals surface area contributed by atoms with Gasteiger partial charge in [0.2, 0.25) is 10.0 Å². The number of nitrogens with one attached hydrogen (secondary N) is 1. The first kappa shape index (κ1) is 14.8. The molecule has 1 aliphatic rings. The number of halogens is 2. The predicted octanol–water partition coefficient (Wildman–Crippen LogP) is 3.24. The molecule has 0 radical (unpaired) electrons. The van der Waals surface area contributed by atoms with Crippen LogP contribution in [0.1, 0.15) is 24.4 Å². The Hall–Kier alpha value is -1.08. The SMILES string of the molecule is O=S(=O)(c1cn[nH]c1)N1CCCC1c1ccc(Cl)c(Cl)c1. The molecule has 3 rings (SSSR count). The van der Waals surface area contributed by atoms with Crippen LogP contribution in [0.3, 0.4) is 0 Å². The zero-order valence-corrected chi connectivity index (χ0v) is 13.3. The highest BCUT2D eigenvalue weighted by Crippen LogP contribution is 2.38. The highest BCUT2D eigenvalue weighted by Gasteiger charge is 2.36. The van der Waals surface area contributed by atoms with Crippen molar-refractivity contribution in [3.8, 4) is 0 Å². The summed E-state index contributed by atoms with van der Waals surface area (Å²) in [6, 6.07) is 5.03. The average Bonchev–Trinajstić information content (AvgIpc) is 3.12. The first-order valence-electron chi connectivity index (χ1n) is 6.46. The summed E-state index contributed by atoms with van der Waals surface area (Å²) in [5, 5.41) is 7.14. The lowest BCUT2D eigenvalue weighted by Gasteiger charge is -2.24. The standard InChI is InChI=1S/C13H13Cl2N3O2S/c14-11-4-3-9(6-12(11)15)13-2-1-5-18(13)21(19,20)10-7-16-17-8-10/h3-4,6-8,13H,1-2,5H2,(H,16,17). The van der Waals surface area contributed by atoms with Crippen molar-refractivity contribution in [2.75, 3.05) is 6.54 Å². The third-order valence-electron chi connectivity index (χ3n) is 3.61. The van der Waals surface area contributed by atoms with Crippen molar-refractivity contribution >= 4 is 33.2 Å². The quantitative estimate of drug-likeness (QED) is 0.928. The normalized spacial score (nSPS) is 20.0. The highest BCUT2D eigenvalue weighted by molar-refractivity contribution is 7.89. The van der Waals surface area contributed by atoms with Crippen LogP contribution in [0.5, 0.6) is 0 Å². The van der Waals surface area contributed by atoms with Crippen LogP contribution < -0.4 is 0 Å². The molecule has 0 spiro atoms. The van der Waals surface area contributed by atoms with Gasteiger partial charge in [-0.1, -0.05) is 29.3 Å². The van der Waals surface area contributed by atoms with Crippen LogP contribution in [0.4, 0.5) is 0 Å². The first-order chi connectivity index (χ1) is 10.00. The number of rotatable bonds is 3. The molecule has 0 bridgehead atoms. The Labute approximate surface area is 132 Å². The van der Waals surface area contributed by atoms with Crippen molar-refractivity contribution in [1.82, 2.24) is 14.5 Å². The van der Waals surface area contributed by atoms with E-state index in [1.807, 2.05) is 6.07 Å². The lowest BCUT2D eigenvalue weighted by Crippen LogP contribution is -2.30. The van der Waals surface area contributed by atoms with Gasteiger partial charge in [-0.2, -0.15) is 9.40 Å². The summed E-state index contributed by atoms with van der Waals surface area (Å²) in [7, 11) is -3.55. The van der Waals surface area contributed by atoms with Crippen LogP contribution in [0.25, 0.3) is 0 Å². The molecule has 0 saturated carbocycles. The summed E-state index contributed by atoms with van der Waals surface area (Å²) in [4.78, 5) is 0.175. The molecule has 5 nitrogen and oxygen atoms in total. The fourth-order valence-electron chi connectivity index (χ4n) is 2.60. The zero-order valence-electron chi connectivity index (χ0n) is 11.0. The number of hydrogen-bond acceptors (Lipinski definition) is 3. The van der Waals surface area contributed by atoms with Gasteiger partial charge in [0.25, 0.3) is 0 Å². The molecule has 1 aliphatic heterocycles. The van der Waals surface area contributed by atoms with Crippen molar-refractivity contribution in [2.45, 2.75) is 23.8 Å². The Balaban J connectivity index is 1.98. The number of sulfonamides is 1. The van der Waals surface area contributed by atoms with Crippen molar-refractivity contribution in [3.63, 3.8) is 0 Å². The number of nitrogens with zero attached hydrogens (tertiary/aromatic N) is 2. The van der Waals surface area contributed by atoms with Crippen molar-refractivity contribution in [2.24, 2.45) is 0 Å². The maximum Gasteiger partial charge on any atom is 0.246 e. The summed E-state index contributed by atoms with van der Waals surface area (Å²) >= 11 is 12.0. The van der Waals surface area contributed by atoms with Crippen LogP contribution in [0.2, 0.25) is 10.0 Å². The maximum atomic E-state index is 12.6. The smallest absolute Gasteiger partial charge is 0.246 e. The van der Waals surface area contributed by atoms with Crippen LogP contribution in [0, 0.1) is 0 Å². The van der Waals surface area contributed by atoms with E-state index in [0.29, 0.717) is 16.6 Å². The fourth-order valence-corrected chi connectivity index (χ4v) is 4.49. The molecule has 21 heavy (non-hydrogen) atoms. The van der Waals surface area contributed by atoms with E-state index in [9.17, 15) is 8.42 Å². The second-order valence-corrected chi connectivity index (χ2v) is 7.59. The number of aromatic amines is 1. The Morgan fingerprint density at radius 1 is 1.29 bits per heavy atom. The number of hydrogen-bond donors (Lipinski definition) is 1. The monoisotopic (exact) mass is 345 g/mol. The summed E-state index contributed by atoms with van der Waals surface area (Å²) in [5.74, 6) is 0. The highest BCUT2D eigenvalue weighted by atomic mass is 35.5. The second kappa shape index (κ2) is 5.61. The largest absolute Gasteiger partial charge is 0.284 e. The predicted molar refractivity (Wildman–Crippen MR) is 80.9 cm³/mol. The van der Waals surface area contributed by atoms with Gasteiger partial charge in [0.05, 0.1) is 22.3 Å². The average molecular weight is 346 g/mol. The van der Waals surface area contributed by atoms with E-state index in [2.05, 4.69) is 10.2 Å². The zero-order chi connectivity index (χ0) is 15.0. The van der Waals surface area contributed by atoms with E-state index in [4.69, 9.17) is 23.2 Å². The molecular weight excluding hydrogens is 333 g/mol. The second-order valence-electron chi connectivity index (χ2n) is 4.88. The van der Waals surface area contributed by atoms with E-state index < -0.39 is 10.0 Å². The van der Waals surface area contributed by atoms with Gasteiger partial charge in [0.1, 0.15) is 4.90 Å². The van der Waals surface area contributed by atoms with Gasteiger partial charge in [-0.15, -0.1) is 0 Å². The van der Waals surface area contributed by atoms with E-state index in [-0.39, 0.29) is 10.9 Å². The fraction of sp³-hybridized carbons (Fsp3) is 0.308. The molecule has 1 aromatic heterocycles. The molecule has 112 valence electrons. The van der Waals surface area contributed by atoms with Crippen molar-refractivity contribution in [1.29, 1.82) is 0 Å². The number of H-pyrrole nitrogens is 1. The van der Waals surface area contributed by atoms with Gasteiger partial charge in [-0.25, -0.2) is 8.42 Å². The lowest BCUT2D eigenvalue weighted by atomic mass is 10.1. The van der Waals surface area contributed by atoms with E-state index >= 15 is 0 Å². The molecule has 2 aromatic rings. The topological polar surface area (TPSA) is 66.1 Å². The van der Waals surface area contributed by atoms with Crippen LogP contribution in [0.15, 0.2) is 35.5 Å². The molecular formula is C13H13Cl2N3O2S. The molecule has 1 N–H and O–H groups in total. The summed E-state index contributed by atoms with van der Waals surface area (Å²) < 4.78 is 26.8. The van der Waals surface area contributed by atoms with Crippen molar-refractivity contribution < 1.29 is 8.42 Å². The molecule has 1 atom stereocenters. The summed E-state index contributed by atoms with van der Waals surface area (Å²) in [6.07, 6.45) is 4.27. The Bertz CT molecular complexity index is 747. The third-order valence-corrected chi connectivity index (χ3v) is 6.22. The lowest BCUT2D eigenvalue weighted by molar-refractivity contribution is 0.397. The minimum Gasteiger partial charge on any atom is -0.284 e. The molecule has 1 unspecified atom stereocenters. The van der Waals surface area contributed by atoms with Crippen molar-refractivity contribution in [3.05, 3.63) is 46.2 Å². The Kier molecular flexibility index (Phi) is 3.96. The number of aromatic nitrogens is 2.